The minimum Gasteiger partial charge on any atom is -0.325 e. The predicted molar refractivity (Wildman–Crippen MR) is 131 cm³/mol. The fourth-order valence-electron chi connectivity index (χ4n) is 5.13. The molecule has 1 atom stereocenters. The normalized spacial score (nSPS) is 21.3. The number of nitrogens with two attached hydrogens (primary N) is 1. The second-order valence-electron chi connectivity index (χ2n) is 10.7. The molecule has 2 aliphatic rings. The van der Waals surface area contributed by atoms with Crippen molar-refractivity contribution in [3.8, 4) is 0 Å². The lowest BCUT2D eigenvalue weighted by atomic mass is 10.0. The zero-order valence-electron chi connectivity index (χ0n) is 20.6. The summed E-state index contributed by atoms with van der Waals surface area (Å²) in [7, 11) is -3.91. The van der Waals surface area contributed by atoms with Crippen LogP contribution in [0.25, 0.3) is 0 Å². The Hall–Kier alpha value is -3.04. The Balaban J connectivity index is 1.66. The van der Waals surface area contributed by atoms with Crippen LogP contribution in [0.15, 0.2) is 53.4 Å². The third kappa shape index (κ3) is 4.27. The van der Waals surface area contributed by atoms with Crippen LogP contribution >= 0.6 is 0 Å². The van der Waals surface area contributed by atoms with E-state index in [9.17, 15) is 22.8 Å². The van der Waals surface area contributed by atoms with Crippen LogP contribution < -0.4 is 10.0 Å². The molecule has 1 unspecified atom stereocenters. The number of rotatable bonds is 6. The lowest BCUT2D eigenvalue weighted by molar-refractivity contribution is -0.141. The minimum absolute atomic E-state index is 0.119. The standard InChI is InChI=1S/C26H31N3O5S/c1-16-6-8-17(9-7-16)15-28(24(32)22-25(2,3)26(22,4)5)20-14-21(30)29(23(20)31)18-10-12-19(13-11-18)35(27,33)34/h6-13,20,22H,14-15H2,1-5H3,(H2,27,33,34). The Morgan fingerprint density at radius 2 is 1.54 bits per heavy atom. The van der Waals surface area contributed by atoms with Gasteiger partial charge < -0.3 is 4.90 Å². The molecule has 1 aliphatic heterocycles. The van der Waals surface area contributed by atoms with Crippen LogP contribution in [0.1, 0.15) is 45.2 Å². The highest BCUT2D eigenvalue weighted by molar-refractivity contribution is 7.89. The molecule has 1 heterocycles. The molecule has 9 heteroatoms. The van der Waals surface area contributed by atoms with Gasteiger partial charge in [0.2, 0.25) is 21.8 Å². The summed E-state index contributed by atoms with van der Waals surface area (Å²) in [5, 5.41) is 5.15. The van der Waals surface area contributed by atoms with Crippen LogP contribution in [0.4, 0.5) is 5.69 Å². The van der Waals surface area contributed by atoms with Gasteiger partial charge >= 0.3 is 0 Å². The smallest absolute Gasteiger partial charge is 0.257 e. The van der Waals surface area contributed by atoms with Crippen molar-refractivity contribution in [2.45, 2.75) is 58.5 Å². The van der Waals surface area contributed by atoms with Crippen LogP contribution in [0.2, 0.25) is 0 Å². The van der Waals surface area contributed by atoms with E-state index in [1.54, 1.807) is 4.90 Å². The van der Waals surface area contributed by atoms with Crippen molar-refractivity contribution in [2.24, 2.45) is 21.9 Å². The summed E-state index contributed by atoms with van der Waals surface area (Å²) >= 11 is 0. The van der Waals surface area contributed by atoms with Crippen molar-refractivity contribution in [1.29, 1.82) is 0 Å². The minimum atomic E-state index is -3.91. The molecule has 0 spiro atoms. The summed E-state index contributed by atoms with van der Waals surface area (Å²) in [4.78, 5) is 42.7. The van der Waals surface area contributed by atoms with E-state index in [1.807, 2.05) is 58.9 Å². The molecule has 0 bridgehead atoms. The highest BCUT2D eigenvalue weighted by Gasteiger charge is 2.69. The molecule has 1 aliphatic carbocycles. The van der Waals surface area contributed by atoms with Gasteiger partial charge in [-0.1, -0.05) is 57.5 Å². The molecule has 2 N–H and O–H groups in total. The number of nitrogens with zero attached hydrogens (tertiary/aromatic N) is 2. The first-order valence-corrected chi connectivity index (χ1v) is 13.1. The van der Waals surface area contributed by atoms with Gasteiger partial charge in [-0.2, -0.15) is 0 Å². The average Bonchev–Trinajstić information content (AvgIpc) is 3.00. The van der Waals surface area contributed by atoms with E-state index >= 15 is 0 Å². The Morgan fingerprint density at radius 3 is 2.03 bits per heavy atom. The molecule has 0 radical (unpaired) electrons. The van der Waals surface area contributed by atoms with Gasteiger partial charge in [0.25, 0.3) is 5.91 Å². The van der Waals surface area contributed by atoms with Crippen LogP contribution in [0.5, 0.6) is 0 Å². The Kier molecular flexibility index (Phi) is 5.92. The number of imide groups is 1. The lowest BCUT2D eigenvalue weighted by Gasteiger charge is -2.29. The van der Waals surface area contributed by atoms with E-state index in [4.69, 9.17) is 5.14 Å². The molecular weight excluding hydrogens is 466 g/mol. The number of benzene rings is 2. The largest absolute Gasteiger partial charge is 0.325 e. The van der Waals surface area contributed by atoms with E-state index in [0.717, 1.165) is 16.0 Å². The first kappa shape index (κ1) is 25.1. The number of hydrogen-bond acceptors (Lipinski definition) is 5. The molecule has 2 fully saturated rings. The van der Waals surface area contributed by atoms with Gasteiger partial charge in [0, 0.05) is 12.5 Å². The van der Waals surface area contributed by atoms with Gasteiger partial charge in [0.15, 0.2) is 0 Å². The van der Waals surface area contributed by atoms with E-state index in [0.29, 0.717) is 0 Å². The topological polar surface area (TPSA) is 118 Å². The van der Waals surface area contributed by atoms with Crippen LogP contribution in [-0.2, 0) is 31.0 Å². The number of carbonyl (C=O) groups is 3. The molecule has 0 aromatic heterocycles. The first-order valence-electron chi connectivity index (χ1n) is 11.5. The number of amides is 3. The molecule has 4 rings (SSSR count). The summed E-state index contributed by atoms with van der Waals surface area (Å²) in [6, 6.07) is 12.0. The first-order chi connectivity index (χ1) is 16.2. The quantitative estimate of drug-likeness (QED) is 0.616. The molecule has 3 amide bonds. The third-order valence-electron chi connectivity index (χ3n) is 7.95. The zero-order valence-corrected chi connectivity index (χ0v) is 21.4. The van der Waals surface area contributed by atoms with Gasteiger partial charge in [0.05, 0.1) is 17.0 Å². The van der Waals surface area contributed by atoms with Gasteiger partial charge in [-0.15, -0.1) is 0 Å². The van der Waals surface area contributed by atoms with Crippen molar-refractivity contribution in [2.75, 3.05) is 4.90 Å². The number of sulfonamides is 1. The van der Waals surface area contributed by atoms with Crippen LogP contribution in [0, 0.1) is 23.7 Å². The number of primary sulfonamides is 1. The number of carbonyl (C=O) groups excluding carboxylic acids is 3. The SMILES string of the molecule is Cc1ccc(CN(C(=O)C2C(C)(C)C2(C)C)C2CC(=O)N(c3ccc(S(N)(=O)=O)cc3)C2=O)cc1. The van der Waals surface area contributed by atoms with Crippen molar-refractivity contribution >= 4 is 33.4 Å². The fraction of sp³-hybridized carbons (Fsp3) is 0.423. The van der Waals surface area contributed by atoms with Crippen LogP contribution in [-0.4, -0.2) is 37.1 Å². The van der Waals surface area contributed by atoms with E-state index in [1.165, 1.54) is 24.3 Å². The van der Waals surface area contributed by atoms with Crippen molar-refractivity contribution in [3.05, 3.63) is 59.7 Å². The average molecular weight is 498 g/mol. The summed E-state index contributed by atoms with van der Waals surface area (Å²) in [6.07, 6.45) is -0.138. The maximum Gasteiger partial charge on any atom is 0.257 e. The van der Waals surface area contributed by atoms with E-state index in [-0.39, 0.29) is 46.2 Å². The van der Waals surface area contributed by atoms with Gasteiger partial charge in [0.1, 0.15) is 6.04 Å². The Morgan fingerprint density at radius 1 is 1.00 bits per heavy atom. The third-order valence-corrected chi connectivity index (χ3v) is 8.88. The maximum atomic E-state index is 13.8. The molecular formula is C26H31N3O5S. The van der Waals surface area contributed by atoms with Crippen LogP contribution in [0.3, 0.4) is 0 Å². The molecule has 8 nitrogen and oxygen atoms in total. The highest BCUT2D eigenvalue weighted by Crippen LogP contribution is 2.69. The number of aryl methyl sites for hydroxylation is 1. The fourth-order valence-corrected chi connectivity index (χ4v) is 5.64. The van der Waals surface area contributed by atoms with Gasteiger partial charge in [-0.25, -0.2) is 18.5 Å². The molecule has 2 aromatic rings. The van der Waals surface area contributed by atoms with Crippen molar-refractivity contribution in [1.82, 2.24) is 4.90 Å². The van der Waals surface area contributed by atoms with E-state index < -0.39 is 27.9 Å². The molecule has 186 valence electrons. The van der Waals surface area contributed by atoms with E-state index in [2.05, 4.69) is 0 Å². The van der Waals surface area contributed by atoms with Crippen molar-refractivity contribution < 1.29 is 22.8 Å². The highest BCUT2D eigenvalue weighted by atomic mass is 32.2. The second-order valence-corrected chi connectivity index (χ2v) is 12.2. The molecule has 1 saturated heterocycles. The lowest BCUT2D eigenvalue weighted by Crippen LogP contribution is -2.46. The van der Waals surface area contributed by atoms with Gasteiger partial charge in [-0.05, 0) is 47.6 Å². The molecule has 35 heavy (non-hydrogen) atoms. The second kappa shape index (κ2) is 8.27. The molecule has 1 saturated carbocycles. The summed E-state index contributed by atoms with van der Waals surface area (Å²) in [5.41, 5.74) is 1.73. The Bertz CT molecular complexity index is 1280. The van der Waals surface area contributed by atoms with Crippen molar-refractivity contribution in [3.63, 3.8) is 0 Å². The number of anilines is 1. The molecule has 2 aromatic carbocycles. The summed E-state index contributed by atoms with van der Waals surface area (Å²) < 4.78 is 23.1. The Labute approximate surface area is 206 Å². The van der Waals surface area contributed by atoms with Gasteiger partial charge in [-0.3, -0.25) is 14.4 Å². The summed E-state index contributed by atoms with van der Waals surface area (Å²) in [6.45, 7) is 10.4. The monoisotopic (exact) mass is 497 g/mol. The number of hydrogen-bond donors (Lipinski definition) is 1. The maximum absolute atomic E-state index is 13.8. The summed E-state index contributed by atoms with van der Waals surface area (Å²) in [5.74, 6) is -1.36. The zero-order chi connectivity index (χ0) is 25.9. The predicted octanol–water partition coefficient (Wildman–Crippen LogP) is 2.99.